The molecule has 8 heteroatoms. The number of nitro benzene ring substituents is 1. The van der Waals surface area contributed by atoms with Crippen molar-refractivity contribution in [3.8, 4) is 0 Å². The molecule has 1 heterocycles. The third kappa shape index (κ3) is 5.15. The molecule has 3 rings (SSSR count). The summed E-state index contributed by atoms with van der Waals surface area (Å²) in [5.41, 5.74) is 0.753. The van der Waals surface area contributed by atoms with Gasteiger partial charge in [-0.15, -0.1) is 0 Å². The van der Waals surface area contributed by atoms with E-state index in [0.717, 1.165) is 5.56 Å². The number of anilines is 1. The van der Waals surface area contributed by atoms with Gasteiger partial charge in [-0.3, -0.25) is 19.7 Å². The first-order valence-electron chi connectivity index (χ1n) is 8.10. The Morgan fingerprint density at radius 2 is 1.93 bits per heavy atom. The number of ether oxygens (including phenoxy) is 1. The fourth-order valence-corrected chi connectivity index (χ4v) is 2.32. The molecule has 0 spiro atoms. The Hall–Kier alpha value is -3.68. The predicted molar refractivity (Wildman–Crippen MR) is 101 cm³/mol. The number of nitrogens with one attached hydrogen (secondary N) is 1. The van der Waals surface area contributed by atoms with Crippen LogP contribution in [0.25, 0.3) is 11.0 Å². The molecule has 2 aromatic carbocycles. The molecule has 0 saturated heterocycles. The summed E-state index contributed by atoms with van der Waals surface area (Å²) in [6.45, 7) is 3.10. The minimum Gasteiger partial charge on any atom is -0.468 e. The van der Waals surface area contributed by atoms with Gasteiger partial charge in [0.1, 0.15) is 5.69 Å². The number of carbonyl (C=O) groups is 1. The molecular weight excluding hydrogens is 352 g/mol. The topological polar surface area (TPSA) is 112 Å². The number of nitrogens with zero attached hydrogens (tertiary/aromatic N) is 1. The fourth-order valence-electron chi connectivity index (χ4n) is 2.32. The normalized spacial score (nSPS) is 9.81. The molecule has 0 radical (unpaired) electrons. The summed E-state index contributed by atoms with van der Waals surface area (Å²) in [5.74, 6) is 0. The van der Waals surface area contributed by atoms with Gasteiger partial charge < -0.3 is 14.5 Å². The van der Waals surface area contributed by atoms with Gasteiger partial charge in [0.15, 0.2) is 5.43 Å². The van der Waals surface area contributed by atoms with Crippen molar-refractivity contribution in [2.45, 2.75) is 13.5 Å². The van der Waals surface area contributed by atoms with E-state index in [0.29, 0.717) is 25.3 Å². The summed E-state index contributed by atoms with van der Waals surface area (Å²) >= 11 is 0. The minimum absolute atomic E-state index is 0.0180. The summed E-state index contributed by atoms with van der Waals surface area (Å²) in [6, 6.07) is 13.8. The van der Waals surface area contributed by atoms with Crippen LogP contribution in [0.4, 0.5) is 11.4 Å². The molecule has 0 bridgehead atoms. The van der Waals surface area contributed by atoms with Crippen molar-refractivity contribution >= 4 is 28.8 Å². The second-order valence-electron chi connectivity index (χ2n) is 5.27. The number of hydrogen-bond donors (Lipinski definition) is 1. The molecule has 0 aliphatic rings. The van der Waals surface area contributed by atoms with Crippen molar-refractivity contribution in [2.24, 2.45) is 0 Å². The van der Waals surface area contributed by atoms with Gasteiger partial charge in [-0.05, 0) is 24.6 Å². The van der Waals surface area contributed by atoms with Gasteiger partial charge >= 0.3 is 5.69 Å². The zero-order chi connectivity index (χ0) is 19.6. The monoisotopic (exact) mass is 370 g/mol. The second kappa shape index (κ2) is 9.71. The summed E-state index contributed by atoms with van der Waals surface area (Å²) in [5, 5.41) is 14.6. The summed E-state index contributed by atoms with van der Waals surface area (Å²) in [7, 11) is 0. The van der Waals surface area contributed by atoms with Gasteiger partial charge in [0.25, 0.3) is 6.47 Å². The van der Waals surface area contributed by atoms with Crippen molar-refractivity contribution in [2.75, 3.05) is 11.9 Å². The van der Waals surface area contributed by atoms with E-state index in [4.69, 9.17) is 4.42 Å². The van der Waals surface area contributed by atoms with Crippen LogP contribution in [0.2, 0.25) is 0 Å². The van der Waals surface area contributed by atoms with Crippen molar-refractivity contribution in [1.29, 1.82) is 0 Å². The van der Waals surface area contributed by atoms with Gasteiger partial charge in [0, 0.05) is 12.6 Å². The van der Waals surface area contributed by atoms with Crippen LogP contribution in [-0.4, -0.2) is 18.0 Å². The van der Waals surface area contributed by atoms with E-state index in [-0.39, 0.29) is 22.1 Å². The first-order chi connectivity index (χ1) is 13.1. The SMILES string of the molecule is CCOC=O.O=c1ccoc2c([N+](=O)[O-])c(NCc3ccccc3)ccc12. The molecule has 0 aliphatic heterocycles. The standard InChI is InChI=1S/C16H12N2O4.C3H6O2/c19-14-8-9-22-16-12(14)6-7-13(15(16)18(20)21)17-10-11-4-2-1-3-5-11;1-2-5-3-4/h1-9,17H,10H2;3H,2H2,1H3. The van der Waals surface area contributed by atoms with E-state index in [2.05, 4.69) is 10.1 Å². The molecule has 0 saturated carbocycles. The highest BCUT2D eigenvalue weighted by molar-refractivity contribution is 5.91. The molecule has 0 atom stereocenters. The van der Waals surface area contributed by atoms with Crippen molar-refractivity contribution < 1.29 is 18.9 Å². The molecule has 3 aromatic rings. The van der Waals surface area contributed by atoms with Crippen molar-refractivity contribution in [3.63, 3.8) is 0 Å². The lowest BCUT2D eigenvalue weighted by molar-refractivity contribution is -0.382. The predicted octanol–water partition coefficient (Wildman–Crippen LogP) is 3.49. The number of benzene rings is 2. The van der Waals surface area contributed by atoms with Gasteiger partial charge in [-0.2, -0.15) is 0 Å². The first kappa shape index (κ1) is 19.6. The van der Waals surface area contributed by atoms with E-state index in [9.17, 15) is 19.7 Å². The van der Waals surface area contributed by atoms with Crippen LogP contribution < -0.4 is 10.7 Å². The van der Waals surface area contributed by atoms with Crippen LogP contribution in [0.5, 0.6) is 0 Å². The molecule has 0 fully saturated rings. The molecule has 27 heavy (non-hydrogen) atoms. The fraction of sp³-hybridized carbons (Fsp3) is 0.158. The van der Waals surface area contributed by atoms with Gasteiger partial charge in [0.05, 0.1) is 23.2 Å². The Bertz CT molecular complexity index is 969. The number of fused-ring (bicyclic) bond motifs is 1. The van der Waals surface area contributed by atoms with Crippen LogP contribution in [0.15, 0.2) is 64.0 Å². The van der Waals surface area contributed by atoms with Crippen molar-refractivity contribution in [1.82, 2.24) is 0 Å². The Balaban J connectivity index is 0.000000465. The van der Waals surface area contributed by atoms with Crippen LogP contribution in [0, 0.1) is 10.1 Å². The third-order valence-electron chi connectivity index (χ3n) is 3.55. The average Bonchev–Trinajstić information content (AvgIpc) is 2.68. The molecule has 140 valence electrons. The zero-order valence-corrected chi connectivity index (χ0v) is 14.6. The van der Waals surface area contributed by atoms with Gasteiger partial charge in [-0.25, -0.2) is 0 Å². The third-order valence-corrected chi connectivity index (χ3v) is 3.55. The highest BCUT2D eigenvalue weighted by Crippen LogP contribution is 2.32. The molecule has 1 N–H and O–H groups in total. The minimum atomic E-state index is -0.543. The lowest BCUT2D eigenvalue weighted by Gasteiger charge is -2.08. The molecular formula is C19H18N2O6. The summed E-state index contributed by atoms with van der Waals surface area (Å²) in [4.78, 5) is 31.7. The Labute approximate surface area is 154 Å². The van der Waals surface area contributed by atoms with Gasteiger partial charge in [0.2, 0.25) is 5.58 Å². The Morgan fingerprint density at radius 1 is 1.19 bits per heavy atom. The quantitative estimate of drug-likeness (QED) is 0.401. The Morgan fingerprint density at radius 3 is 2.52 bits per heavy atom. The van der Waals surface area contributed by atoms with Gasteiger partial charge in [-0.1, -0.05) is 30.3 Å². The molecule has 0 amide bonds. The van der Waals surface area contributed by atoms with Crippen molar-refractivity contribution in [3.05, 3.63) is 80.7 Å². The smallest absolute Gasteiger partial charge is 0.335 e. The van der Waals surface area contributed by atoms with E-state index in [1.54, 1.807) is 6.92 Å². The maximum atomic E-state index is 11.7. The zero-order valence-electron chi connectivity index (χ0n) is 14.6. The second-order valence-corrected chi connectivity index (χ2v) is 5.27. The average molecular weight is 370 g/mol. The molecule has 1 aromatic heterocycles. The van der Waals surface area contributed by atoms with Crippen LogP contribution in [-0.2, 0) is 16.1 Å². The van der Waals surface area contributed by atoms with E-state index < -0.39 is 4.92 Å². The first-order valence-corrected chi connectivity index (χ1v) is 8.10. The van der Waals surface area contributed by atoms with E-state index >= 15 is 0 Å². The van der Waals surface area contributed by atoms with Crippen LogP contribution >= 0.6 is 0 Å². The molecule has 8 nitrogen and oxygen atoms in total. The number of nitro groups is 1. The highest BCUT2D eigenvalue weighted by atomic mass is 16.6. The largest absolute Gasteiger partial charge is 0.468 e. The number of rotatable bonds is 6. The number of hydrogen-bond acceptors (Lipinski definition) is 7. The van der Waals surface area contributed by atoms with Crippen LogP contribution in [0.3, 0.4) is 0 Å². The number of carbonyl (C=O) groups excluding carboxylic acids is 1. The van der Waals surface area contributed by atoms with E-state index in [1.807, 2.05) is 30.3 Å². The lowest BCUT2D eigenvalue weighted by Crippen LogP contribution is -2.05. The summed E-state index contributed by atoms with van der Waals surface area (Å²) in [6.07, 6.45) is 1.17. The maximum Gasteiger partial charge on any atom is 0.335 e. The highest BCUT2D eigenvalue weighted by Gasteiger charge is 2.21. The summed E-state index contributed by atoms with van der Waals surface area (Å²) < 4.78 is 9.35. The maximum absolute atomic E-state index is 11.7. The van der Waals surface area contributed by atoms with Crippen LogP contribution in [0.1, 0.15) is 12.5 Å². The molecule has 0 aliphatic carbocycles. The molecule has 0 unspecified atom stereocenters. The Kier molecular flexibility index (Phi) is 7.07. The lowest BCUT2D eigenvalue weighted by atomic mass is 10.1. The van der Waals surface area contributed by atoms with E-state index in [1.165, 1.54) is 24.5 Å².